The summed E-state index contributed by atoms with van der Waals surface area (Å²) in [7, 11) is 0. The van der Waals surface area contributed by atoms with Gasteiger partial charge in [0, 0.05) is 50.4 Å². The first-order valence-electron chi connectivity index (χ1n) is 19.7. The minimum absolute atomic E-state index is 0.0431. The molecule has 2 amide bonds. The quantitative estimate of drug-likeness (QED) is 0.402. The van der Waals surface area contributed by atoms with Crippen molar-refractivity contribution in [3.05, 3.63) is 11.8 Å². The van der Waals surface area contributed by atoms with Gasteiger partial charge in [-0.1, -0.05) is 12.8 Å². The number of alkyl halides is 1. The Bertz CT molecular complexity index is 1360. The summed E-state index contributed by atoms with van der Waals surface area (Å²) in [5.41, 5.74) is -0.456. The molecule has 8 rings (SSSR count). The van der Waals surface area contributed by atoms with Crippen molar-refractivity contribution in [2.45, 2.75) is 158 Å². The average molecular weight is 700 g/mol. The van der Waals surface area contributed by atoms with Crippen LogP contribution < -0.4 is 10.6 Å². The first-order chi connectivity index (χ1) is 23.9. The highest BCUT2D eigenvalue weighted by Crippen LogP contribution is 2.53. The number of amides is 2. The molecule has 4 saturated heterocycles. The van der Waals surface area contributed by atoms with Crippen LogP contribution in [0.2, 0.25) is 0 Å². The number of rotatable bonds is 6. The number of carbonyl (C=O) groups excluding carboxylic acids is 3. The van der Waals surface area contributed by atoms with E-state index < -0.39 is 35.9 Å². The van der Waals surface area contributed by atoms with Crippen LogP contribution in [0.25, 0.3) is 0 Å². The van der Waals surface area contributed by atoms with Crippen molar-refractivity contribution in [3.8, 4) is 0 Å². The molecule has 5 heterocycles. The molecule has 13 unspecified atom stereocenters. The van der Waals surface area contributed by atoms with Gasteiger partial charge in [-0.15, -0.1) is 0 Å². The number of hydrogen-bond donors (Lipinski definition) is 2. The van der Waals surface area contributed by atoms with E-state index in [1.807, 2.05) is 27.0 Å². The lowest BCUT2D eigenvalue weighted by Crippen LogP contribution is -2.73. The molecule has 0 spiro atoms. The number of ketones is 1. The minimum atomic E-state index is -1.31. The van der Waals surface area contributed by atoms with Gasteiger partial charge in [0.2, 0.25) is 0 Å². The van der Waals surface area contributed by atoms with Crippen LogP contribution in [-0.4, -0.2) is 132 Å². The molecule has 0 aromatic heterocycles. The molecule has 2 N–H and O–H groups in total. The summed E-state index contributed by atoms with van der Waals surface area (Å²) < 4.78 is 36.0. The molecular weight excluding hydrogens is 641 g/mol. The van der Waals surface area contributed by atoms with Crippen LogP contribution in [0, 0.1) is 17.8 Å². The Morgan fingerprint density at radius 2 is 1.78 bits per heavy atom. The summed E-state index contributed by atoms with van der Waals surface area (Å²) in [6.45, 7) is 11.1. The summed E-state index contributed by atoms with van der Waals surface area (Å²) in [5, 5.41) is 6.03. The lowest BCUT2D eigenvalue weighted by molar-refractivity contribution is -0.220. The van der Waals surface area contributed by atoms with Gasteiger partial charge in [-0.2, -0.15) is 0 Å². The SMILES string of the molecule is CC1CCCN1CCNC(=O)C1=CN2C3CC4OC5CCCCC5C4CC3OC3C(N4CCC(NC(=O)OC(C)(C)C)C4)C(F)CC(C1=O)C32. The molecule has 0 bridgehead atoms. The molecule has 13 atom stereocenters. The van der Waals surface area contributed by atoms with E-state index in [-0.39, 0.29) is 54.0 Å². The van der Waals surface area contributed by atoms with Gasteiger partial charge >= 0.3 is 6.09 Å². The third-order valence-electron chi connectivity index (χ3n) is 13.4. The predicted molar refractivity (Wildman–Crippen MR) is 184 cm³/mol. The van der Waals surface area contributed by atoms with E-state index >= 15 is 4.39 Å². The van der Waals surface area contributed by atoms with Gasteiger partial charge in [-0.05, 0) is 97.4 Å². The standard InChI is InChI=1S/C38H58FN5O6/c1-21-8-7-13-42(21)15-12-40-36(46)26-20-44-28-18-30-24(23-9-5-6-10-29(23)48-30)17-31(28)49-35-32(44)25(34(26)45)16-27(39)33(35)43-14-11-22(19-43)41-37(47)50-38(2,3)4/h20-25,27-33,35H,5-19H2,1-4H3,(H,40,46)(H,41,47). The largest absolute Gasteiger partial charge is 0.444 e. The molecule has 3 aliphatic carbocycles. The summed E-state index contributed by atoms with van der Waals surface area (Å²) in [5.74, 6) is -0.340. The molecule has 278 valence electrons. The fraction of sp³-hybridized carbons (Fsp3) is 0.868. The highest BCUT2D eigenvalue weighted by Gasteiger charge is 2.62. The maximum atomic E-state index is 16.7. The van der Waals surface area contributed by atoms with E-state index in [9.17, 15) is 14.4 Å². The van der Waals surface area contributed by atoms with Crippen molar-refractivity contribution in [1.29, 1.82) is 0 Å². The monoisotopic (exact) mass is 699 g/mol. The van der Waals surface area contributed by atoms with E-state index in [1.54, 1.807) is 0 Å². The Morgan fingerprint density at radius 1 is 0.960 bits per heavy atom. The van der Waals surface area contributed by atoms with Crippen molar-refractivity contribution in [2.75, 3.05) is 32.7 Å². The second-order valence-corrected chi connectivity index (χ2v) is 17.6. The van der Waals surface area contributed by atoms with E-state index in [0.717, 1.165) is 38.8 Å². The summed E-state index contributed by atoms with van der Waals surface area (Å²) in [4.78, 5) is 47.3. The predicted octanol–water partition coefficient (Wildman–Crippen LogP) is 3.55. The van der Waals surface area contributed by atoms with Crippen LogP contribution in [0.1, 0.15) is 91.9 Å². The van der Waals surface area contributed by atoms with Crippen LogP contribution in [0.5, 0.6) is 0 Å². The van der Waals surface area contributed by atoms with Crippen LogP contribution in [0.3, 0.4) is 0 Å². The second kappa shape index (κ2) is 13.6. The zero-order valence-corrected chi connectivity index (χ0v) is 30.4. The number of halogens is 1. The molecule has 50 heavy (non-hydrogen) atoms. The second-order valence-electron chi connectivity index (χ2n) is 17.6. The first kappa shape index (κ1) is 34.8. The molecule has 12 heteroatoms. The van der Waals surface area contributed by atoms with Crippen molar-refractivity contribution >= 4 is 17.8 Å². The third-order valence-corrected chi connectivity index (χ3v) is 13.4. The lowest BCUT2D eigenvalue weighted by Gasteiger charge is -2.61. The Balaban J connectivity index is 1.05. The topological polar surface area (TPSA) is 113 Å². The fourth-order valence-corrected chi connectivity index (χ4v) is 11.2. The number of likely N-dealkylation sites (tertiary alicyclic amines) is 2. The summed E-state index contributed by atoms with van der Waals surface area (Å²) in [6, 6.07) is -0.621. The zero-order valence-electron chi connectivity index (χ0n) is 30.4. The number of fused-ring (bicyclic) bond motifs is 5. The lowest BCUT2D eigenvalue weighted by atomic mass is 9.67. The van der Waals surface area contributed by atoms with Crippen LogP contribution in [0.15, 0.2) is 11.8 Å². The number of Topliss-reactive ketones (excluding diaryl/α,β-unsaturated/α-hetero) is 1. The molecule has 0 aromatic carbocycles. The van der Waals surface area contributed by atoms with Crippen LogP contribution in [0.4, 0.5) is 9.18 Å². The zero-order chi connectivity index (χ0) is 34.9. The molecule has 0 radical (unpaired) electrons. The van der Waals surface area contributed by atoms with E-state index in [4.69, 9.17) is 14.2 Å². The molecule has 3 saturated carbocycles. The van der Waals surface area contributed by atoms with Crippen LogP contribution in [-0.2, 0) is 23.8 Å². The number of carbonyl (C=O) groups is 3. The van der Waals surface area contributed by atoms with E-state index in [0.29, 0.717) is 50.0 Å². The van der Waals surface area contributed by atoms with Gasteiger partial charge in [0.1, 0.15) is 11.8 Å². The fourth-order valence-electron chi connectivity index (χ4n) is 11.2. The first-order valence-corrected chi connectivity index (χ1v) is 19.7. The minimum Gasteiger partial charge on any atom is -0.444 e. The van der Waals surface area contributed by atoms with Crippen molar-refractivity contribution in [3.63, 3.8) is 0 Å². The number of alkyl carbamates (subject to hydrolysis) is 1. The van der Waals surface area contributed by atoms with Crippen molar-refractivity contribution in [2.24, 2.45) is 17.8 Å². The number of morpholine rings is 1. The number of nitrogens with zero attached hydrogens (tertiary/aromatic N) is 3. The summed E-state index contributed by atoms with van der Waals surface area (Å²) in [6.07, 6.45) is 9.26. The highest BCUT2D eigenvalue weighted by atomic mass is 19.1. The third kappa shape index (κ3) is 6.49. The molecule has 11 nitrogen and oxygen atoms in total. The Kier molecular flexibility index (Phi) is 9.47. The van der Waals surface area contributed by atoms with E-state index in [1.165, 1.54) is 25.7 Å². The Labute approximate surface area is 296 Å². The number of ether oxygens (including phenoxy) is 3. The van der Waals surface area contributed by atoms with Gasteiger partial charge in [-0.3, -0.25) is 19.4 Å². The number of hydrogen-bond acceptors (Lipinski definition) is 9. The smallest absolute Gasteiger partial charge is 0.407 e. The maximum Gasteiger partial charge on any atom is 0.407 e. The van der Waals surface area contributed by atoms with Crippen molar-refractivity contribution in [1.82, 2.24) is 25.3 Å². The van der Waals surface area contributed by atoms with Gasteiger partial charge in [0.05, 0.1) is 48.1 Å². The van der Waals surface area contributed by atoms with Crippen molar-refractivity contribution < 1.29 is 33.0 Å². The maximum absolute atomic E-state index is 16.7. The highest BCUT2D eigenvalue weighted by molar-refractivity contribution is 6.20. The molecule has 5 aliphatic heterocycles. The number of nitrogens with one attached hydrogen (secondary N) is 2. The van der Waals surface area contributed by atoms with Gasteiger partial charge in [-0.25, -0.2) is 9.18 Å². The average Bonchev–Trinajstić information content (AvgIpc) is 3.78. The molecular formula is C38H58FN5O6. The molecule has 0 aromatic rings. The summed E-state index contributed by atoms with van der Waals surface area (Å²) >= 11 is 0. The Morgan fingerprint density at radius 3 is 2.56 bits per heavy atom. The molecule has 8 aliphatic rings. The normalized spacial score (nSPS) is 43.0. The molecule has 7 fully saturated rings. The van der Waals surface area contributed by atoms with Gasteiger partial charge in [0.15, 0.2) is 5.78 Å². The van der Waals surface area contributed by atoms with E-state index in [2.05, 4.69) is 32.3 Å². The van der Waals surface area contributed by atoms with Gasteiger partial charge < -0.3 is 29.7 Å². The Hall–Kier alpha value is -2.28. The van der Waals surface area contributed by atoms with Crippen LogP contribution >= 0.6 is 0 Å². The van der Waals surface area contributed by atoms with Gasteiger partial charge in [0.25, 0.3) is 5.91 Å².